The number of hydrogen-bond acceptors (Lipinski definition) is 4. The van der Waals surface area contributed by atoms with Crippen LogP contribution in [0.3, 0.4) is 0 Å². The second kappa shape index (κ2) is 7.42. The summed E-state index contributed by atoms with van der Waals surface area (Å²) in [6.07, 6.45) is 3.89. The number of rotatable bonds is 6. The van der Waals surface area contributed by atoms with Crippen molar-refractivity contribution in [2.75, 3.05) is 18.0 Å². The Morgan fingerprint density at radius 3 is 3.00 bits per heavy atom. The van der Waals surface area contributed by atoms with Gasteiger partial charge in [-0.15, -0.1) is 0 Å². The van der Waals surface area contributed by atoms with Crippen LogP contribution in [0.15, 0.2) is 30.9 Å². The minimum atomic E-state index is -0.459. The van der Waals surface area contributed by atoms with Crippen molar-refractivity contribution in [1.82, 2.24) is 20.1 Å². The van der Waals surface area contributed by atoms with Crippen molar-refractivity contribution in [3.8, 4) is 0 Å². The maximum absolute atomic E-state index is 14.1. The Kier molecular flexibility index (Phi) is 5.06. The maximum Gasteiger partial charge on any atom is 0.227 e. The maximum atomic E-state index is 14.1. The summed E-state index contributed by atoms with van der Waals surface area (Å²) >= 11 is 0. The Balaban J connectivity index is 1.52. The summed E-state index contributed by atoms with van der Waals surface area (Å²) in [5.74, 6) is -1.31. The molecule has 1 atom stereocenters. The number of nitrogens with one attached hydrogen (secondary N) is 1. The summed E-state index contributed by atoms with van der Waals surface area (Å²) in [5.41, 5.74) is 1.02. The number of nitrogens with zero attached hydrogens (tertiary/aromatic N) is 4. The number of aryl methyl sites for hydroxylation is 2. The second-order valence-electron chi connectivity index (χ2n) is 6.16. The van der Waals surface area contributed by atoms with Crippen LogP contribution < -0.4 is 10.2 Å². The van der Waals surface area contributed by atoms with Crippen LogP contribution in [0.5, 0.6) is 0 Å². The lowest BCUT2D eigenvalue weighted by atomic mass is 10.1. The van der Waals surface area contributed by atoms with E-state index in [1.807, 2.05) is 0 Å². The molecule has 1 aromatic carbocycles. The summed E-state index contributed by atoms with van der Waals surface area (Å²) in [4.78, 5) is 29.6. The third-order valence-corrected chi connectivity index (χ3v) is 4.22. The summed E-state index contributed by atoms with van der Waals surface area (Å²) in [7, 11) is 0. The zero-order valence-corrected chi connectivity index (χ0v) is 14.0. The molecule has 2 aromatic rings. The molecular formula is C17H20FN5O2. The van der Waals surface area contributed by atoms with Crippen molar-refractivity contribution in [2.45, 2.75) is 26.3 Å². The van der Waals surface area contributed by atoms with Gasteiger partial charge in [0.05, 0.1) is 11.6 Å². The van der Waals surface area contributed by atoms with Gasteiger partial charge in [-0.25, -0.2) is 9.37 Å². The van der Waals surface area contributed by atoms with Crippen molar-refractivity contribution in [2.24, 2.45) is 5.92 Å². The molecular weight excluding hydrogens is 325 g/mol. The Hall–Kier alpha value is -2.77. The smallest absolute Gasteiger partial charge is 0.227 e. The van der Waals surface area contributed by atoms with Gasteiger partial charge in [-0.05, 0) is 31.0 Å². The quantitative estimate of drug-likeness (QED) is 0.800. The van der Waals surface area contributed by atoms with Crippen molar-refractivity contribution < 1.29 is 14.0 Å². The van der Waals surface area contributed by atoms with Crippen LogP contribution in [0.25, 0.3) is 0 Å². The molecule has 8 heteroatoms. The summed E-state index contributed by atoms with van der Waals surface area (Å²) in [6, 6.07) is 4.73. The predicted molar refractivity (Wildman–Crippen MR) is 89.2 cm³/mol. The molecule has 0 aliphatic carbocycles. The van der Waals surface area contributed by atoms with Gasteiger partial charge in [-0.2, -0.15) is 5.10 Å². The van der Waals surface area contributed by atoms with Crippen LogP contribution in [-0.2, 0) is 16.1 Å². The standard InChI is InChI=1S/C17H20FN5O2/c1-12-3-4-15(14(18)7-12)23-9-13(8-16(23)24)17(25)20-5-2-6-22-11-19-10-21-22/h3-4,7,10-11,13H,2,5-6,8-9H2,1H3,(H,20,25)/t13-/m1/s1. The topological polar surface area (TPSA) is 80.1 Å². The molecule has 1 saturated heterocycles. The van der Waals surface area contributed by atoms with E-state index in [2.05, 4.69) is 15.4 Å². The predicted octanol–water partition coefficient (Wildman–Crippen LogP) is 1.29. The molecule has 0 radical (unpaired) electrons. The summed E-state index contributed by atoms with van der Waals surface area (Å²) < 4.78 is 15.8. The SMILES string of the molecule is Cc1ccc(N2C[C@H](C(=O)NCCCn3cncn3)CC2=O)c(F)c1. The molecule has 1 aromatic heterocycles. The third kappa shape index (κ3) is 4.01. The van der Waals surface area contributed by atoms with Crippen molar-refractivity contribution in [3.05, 3.63) is 42.2 Å². The van der Waals surface area contributed by atoms with Crippen LogP contribution >= 0.6 is 0 Å². The highest BCUT2D eigenvalue weighted by Gasteiger charge is 2.35. The van der Waals surface area contributed by atoms with E-state index in [4.69, 9.17) is 0 Å². The van der Waals surface area contributed by atoms with Gasteiger partial charge in [0, 0.05) is 26.1 Å². The highest BCUT2D eigenvalue weighted by Crippen LogP contribution is 2.28. The second-order valence-corrected chi connectivity index (χ2v) is 6.16. The molecule has 0 spiro atoms. The molecule has 132 valence electrons. The van der Waals surface area contributed by atoms with E-state index in [-0.39, 0.29) is 30.5 Å². The molecule has 0 unspecified atom stereocenters. The average Bonchev–Trinajstić information content (AvgIpc) is 3.21. The van der Waals surface area contributed by atoms with Gasteiger partial charge in [0.15, 0.2) is 0 Å². The van der Waals surface area contributed by atoms with Gasteiger partial charge in [-0.3, -0.25) is 14.3 Å². The number of aromatic nitrogens is 3. The number of anilines is 1. The van der Waals surface area contributed by atoms with E-state index in [1.165, 1.54) is 17.3 Å². The molecule has 0 bridgehead atoms. The van der Waals surface area contributed by atoms with Gasteiger partial charge < -0.3 is 10.2 Å². The third-order valence-electron chi connectivity index (χ3n) is 4.22. The minimum absolute atomic E-state index is 0.0994. The number of carbonyl (C=O) groups excluding carboxylic acids is 2. The van der Waals surface area contributed by atoms with Crippen molar-refractivity contribution in [1.29, 1.82) is 0 Å². The van der Waals surface area contributed by atoms with Crippen LogP contribution in [0.4, 0.5) is 10.1 Å². The monoisotopic (exact) mass is 345 g/mol. The summed E-state index contributed by atoms with van der Waals surface area (Å²) in [5, 5.41) is 6.81. The van der Waals surface area contributed by atoms with Crippen molar-refractivity contribution >= 4 is 17.5 Å². The molecule has 0 saturated carbocycles. The number of carbonyl (C=O) groups is 2. The molecule has 1 aliphatic rings. The first-order valence-corrected chi connectivity index (χ1v) is 8.21. The fourth-order valence-corrected chi connectivity index (χ4v) is 2.89. The Labute approximate surface area is 144 Å². The first-order chi connectivity index (χ1) is 12.0. The zero-order valence-electron chi connectivity index (χ0n) is 14.0. The Morgan fingerprint density at radius 2 is 2.28 bits per heavy atom. The number of benzene rings is 1. The molecule has 1 aliphatic heterocycles. The van der Waals surface area contributed by atoms with E-state index < -0.39 is 11.7 Å². The zero-order chi connectivity index (χ0) is 17.8. The van der Waals surface area contributed by atoms with Crippen LogP contribution in [0.2, 0.25) is 0 Å². The van der Waals surface area contributed by atoms with Gasteiger partial charge in [0.1, 0.15) is 18.5 Å². The number of halogens is 1. The van der Waals surface area contributed by atoms with Crippen LogP contribution in [-0.4, -0.2) is 39.7 Å². The molecule has 7 nitrogen and oxygen atoms in total. The van der Waals surface area contributed by atoms with Gasteiger partial charge in [-0.1, -0.05) is 6.07 Å². The van der Waals surface area contributed by atoms with E-state index >= 15 is 0 Å². The van der Waals surface area contributed by atoms with Crippen LogP contribution in [0, 0.1) is 18.7 Å². The molecule has 1 N–H and O–H groups in total. The number of hydrogen-bond donors (Lipinski definition) is 1. The van der Waals surface area contributed by atoms with Crippen LogP contribution in [0.1, 0.15) is 18.4 Å². The Morgan fingerprint density at radius 1 is 1.44 bits per heavy atom. The normalized spacial score (nSPS) is 17.1. The van der Waals surface area contributed by atoms with Gasteiger partial charge >= 0.3 is 0 Å². The van der Waals surface area contributed by atoms with Crippen molar-refractivity contribution in [3.63, 3.8) is 0 Å². The molecule has 1 fully saturated rings. The lowest BCUT2D eigenvalue weighted by Gasteiger charge is -2.17. The first-order valence-electron chi connectivity index (χ1n) is 8.21. The Bertz CT molecular complexity index is 762. The summed E-state index contributed by atoms with van der Waals surface area (Å²) in [6.45, 7) is 3.13. The van der Waals surface area contributed by atoms with Gasteiger partial charge in [0.25, 0.3) is 0 Å². The fraction of sp³-hybridized carbons (Fsp3) is 0.412. The largest absolute Gasteiger partial charge is 0.356 e. The van der Waals surface area contributed by atoms with E-state index in [1.54, 1.807) is 30.1 Å². The molecule has 2 heterocycles. The molecule has 3 rings (SSSR count). The minimum Gasteiger partial charge on any atom is -0.356 e. The number of amides is 2. The lowest BCUT2D eigenvalue weighted by Crippen LogP contribution is -2.34. The van der Waals surface area contributed by atoms with E-state index in [0.29, 0.717) is 19.5 Å². The van der Waals surface area contributed by atoms with Gasteiger partial charge in [0.2, 0.25) is 11.8 Å². The highest BCUT2D eigenvalue weighted by molar-refractivity contribution is 6.00. The molecule has 25 heavy (non-hydrogen) atoms. The lowest BCUT2D eigenvalue weighted by molar-refractivity contribution is -0.126. The average molecular weight is 345 g/mol. The highest BCUT2D eigenvalue weighted by atomic mass is 19.1. The van der Waals surface area contributed by atoms with E-state index in [0.717, 1.165) is 5.56 Å². The fourth-order valence-electron chi connectivity index (χ4n) is 2.89. The first kappa shape index (κ1) is 17.1. The molecule has 2 amide bonds. The van der Waals surface area contributed by atoms with E-state index in [9.17, 15) is 14.0 Å².